The molecule has 4 rings (SSSR count). The Hall–Kier alpha value is 0. The molecule has 0 spiro atoms. The second-order valence-electron chi connectivity index (χ2n) is 8.07. The van der Waals surface area contributed by atoms with E-state index in [0.29, 0.717) is 0 Å². The average Bonchev–Trinajstić information content (AvgIpc) is 3.07. The van der Waals surface area contributed by atoms with Gasteiger partial charge in [-0.05, 0) is 79.4 Å². The zero-order chi connectivity index (χ0) is 12.3. The Bertz CT molecular complexity index is 320. The van der Waals surface area contributed by atoms with E-state index in [9.17, 15) is 0 Å². The van der Waals surface area contributed by atoms with E-state index in [1.165, 1.54) is 48.9 Å². The van der Waals surface area contributed by atoms with Gasteiger partial charge in [-0.15, -0.1) is 0 Å². The molecule has 0 aromatic rings. The van der Waals surface area contributed by atoms with Crippen LogP contribution in [0.2, 0.25) is 0 Å². The molecule has 0 radical (unpaired) electrons. The predicted molar refractivity (Wildman–Crippen MR) is 76.2 cm³/mol. The first-order chi connectivity index (χ1) is 8.81. The molecule has 4 bridgehead atoms. The molecule has 0 aliphatic heterocycles. The van der Waals surface area contributed by atoms with Crippen LogP contribution in [0.4, 0.5) is 0 Å². The summed E-state index contributed by atoms with van der Waals surface area (Å²) in [6.07, 6.45) is 12.4. The Balaban J connectivity index is 1.49. The van der Waals surface area contributed by atoms with Gasteiger partial charge in [-0.25, -0.2) is 0 Å². The third-order valence-corrected chi connectivity index (χ3v) is 7.62. The van der Waals surface area contributed by atoms with Crippen LogP contribution in [0.25, 0.3) is 0 Å². The Morgan fingerprint density at radius 3 is 2.33 bits per heavy atom. The van der Waals surface area contributed by atoms with Crippen molar-refractivity contribution >= 4 is 0 Å². The maximum absolute atomic E-state index is 2.61. The van der Waals surface area contributed by atoms with Crippen molar-refractivity contribution in [3.63, 3.8) is 0 Å². The zero-order valence-electron chi connectivity index (χ0n) is 12.3. The van der Waals surface area contributed by atoms with Crippen LogP contribution in [-0.2, 0) is 0 Å². The Morgan fingerprint density at radius 1 is 0.889 bits per heavy atom. The topological polar surface area (TPSA) is 0 Å². The summed E-state index contributed by atoms with van der Waals surface area (Å²) in [6, 6.07) is 0. The van der Waals surface area contributed by atoms with Gasteiger partial charge in [0.05, 0.1) is 0 Å². The van der Waals surface area contributed by atoms with Crippen molar-refractivity contribution in [1.82, 2.24) is 0 Å². The summed E-state index contributed by atoms with van der Waals surface area (Å²) in [4.78, 5) is 0. The third kappa shape index (κ3) is 1.44. The molecule has 0 amide bonds. The normalized spacial score (nSPS) is 56.3. The van der Waals surface area contributed by atoms with E-state index < -0.39 is 0 Å². The minimum absolute atomic E-state index is 1.08. The summed E-state index contributed by atoms with van der Waals surface area (Å²) < 4.78 is 0. The molecule has 102 valence electrons. The number of rotatable bonds is 4. The minimum Gasteiger partial charge on any atom is -0.0654 e. The maximum Gasteiger partial charge on any atom is -0.0321 e. The Morgan fingerprint density at radius 2 is 1.61 bits per heavy atom. The van der Waals surface area contributed by atoms with Crippen molar-refractivity contribution in [2.45, 2.75) is 65.2 Å². The summed E-state index contributed by atoms with van der Waals surface area (Å²) in [5.41, 5.74) is 0. The molecule has 0 saturated heterocycles. The van der Waals surface area contributed by atoms with E-state index in [0.717, 1.165) is 17.8 Å². The van der Waals surface area contributed by atoms with Gasteiger partial charge in [-0.2, -0.15) is 0 Å². The smallest absolute Gasteiger partial charge is 0.0321 e. The van der Waals surface area contributed by atoms with Gasteiger partial charge in [0.2, 0.25) is 0 Å². The average molecular weight is 246 g/mol. The molecule has 4 saturated carbocycles. The van der Waals surface area contributed by atoms with Crippen molar-refractivity contribution in [1.29, 1.82) is 0 Å². The van der Waals surface area contributed by atoms with Gasteiger partial charge >= 0.3 is 0 Å². The van der Waals surface area contributed by atoms with Crippen molar-refractivity contribution in [3.05, 3.63) is 0 Å². The second-order valence-corrected chi connectivity index (χ2v) is 8.07. The summed E-state index contributed by atoms with van der Waals surface area (Å²) in [5.74, 6) is 9.28. The lowest BCUT2D eigenvalue weighted by atomic mass is 9.63. The van der Waals surface area contributed by atoms with Crippen LogP contribution in [0.1, 0.15) is 65.2 Å². The number of hydrogen-bond donors (Lipinski definition) is 0. The summed E-state index contributed by atoms with van der Waals surface area (Å²) in [5, 5.41) is 0. The van der Waals surface area contributed by atoms with Gasteiger partial charge in [-0.1, -0.05) is 33.1 Å². The molecule has 0 aromatic carbocycles. The molecule has 0 N–H and O–H groups in total. The van der Waals surface area contributed by atoms with Gasteiger partial charge in [0.25, 0.3) is 0 Å². The molecular weight excluding hydrogens is 216 g/mol. The van der Waals surface area contributed by atoms with E-state index >= 15 is 0 Å². The fourth-order valence-corrected chi connectivity index (χ4v) is 7.12. The van der Waals surface area contributed by atoms with Crippen LogP contribution in [0.5, 0.6) is 0 Å². The largest absolute Gasteiger partial charge is 0.0654 e. The molecule has 8 unspecified atom stereocenters. The Kier molecular flexibility index (Phi) is 2.79. The second kappa shape index (κ2) is 4.25. The van der Waals surface area contributed by atoms with E-state index in [2.05, 4.69) is 13.8 Å². The Labute approximate surface area is 113 Å². The first kappa shape index (κ1) is 11.8. The molecule has 8 atom stereocenters. The lowest BCUT2D eigenvalue weighted by Crippen LogP contribution is -2.37. The monoisotopic (exact) mass is 246 g/mol. The van der Waals surface area contributed by atoms with Crippen LogP contribution < -0.4 is 0 Å². The first-order valence-corrected chi connectivity index (χ1v) is 8.81. The number of fused-ring (bicyclic) bond motifs is 9. The minimum atomic E-state index is 1.08. The highest BCUT2D eigenvalue weighted by Gasteiger charge is 2.64. The van der Waals surface area contributed by atoms with Crippen LogP contribution in [0.15, 0.2) is 0 Å². The van der Waals surface area contributed by atoms with Crippen LogP contribution in [0, 0.1) is 47.3 Å². The zero-order valence-corrected chi connectivity index (χ0v) is 12.3. The van der Waals surface area contributed by atoms with E-state index in [1.54, 1.807) is 32.1 Å². The van der Waals surface area contributed by atoms with E-state index in [4.69, 9.17) is 0 Å². The van der Waals surface area contributed by atoms with Gasteiger partial charge < -0.3 is 0 Å². The van der Waals surface area contributed by atoms with Crippen molar-refractivity contribution in [2.24, 2.45) is 47.3 Å². The SMILES string of the molecule is CCCCCC1C(C)C2CC1C1C3CCC(C3)C21. The lowest BCUT2D eigenvalue weighted by molar-refractivity contribution is 0.0584. The molecule has 4 fully saturated rings. The van der Waals surface area contributed by atoms with E-state index in [-0.39, 0.29) is 0 Å². The van der Waals surface area contributed by atoms with Crippen LogP contribution in [0.3, 0.4) is 0 Å². The highest BCUT2D eigenvalue weighted by molar-refractivity contribution is 5.12. The quantitative estimate of drug-likeness (QED) is 0.476. The molecule has 4 aliphatic rings. The highest BCUT2D eigenvalue weighted by Crippen LogP contribution is 2.70. The third-order valence-electron chi connectivity index (χ3n) is 7.62. The van der Waals surface area contributed by atoms with Gasteiger partial charge in [-0.3, -0.25) is 0 Å². The van der Waals surface area contributed by atoms with Crippen LogP contribution in [-0.4, -0.2) is 0 Å². The van der Waals surface area contributed by atoms with Gasteiger partial charge in [0.1, 0.15) is 0 Å². The highest BCUT2D eigenvalue weighted by atomic mass is 14.7. The van der Waals surface area contributed by atoms with Crippen LogP contribution >= 0.6 is 0 Å². The molecule has 0 heterocycles. The predicted octanol–water partition coefficient (Wildman–Crippen LogP) is 5.13. The van der Waals surface area contributed by atoms with Gasteiger partial charge in [0, 0.05) is 0 Å². The standard InChI is InChI=1S/C18H30/c1-3-4-5-6-14-11(2)15-10-16(14)18-13-8-7-12(9-13)17(15)18/h11-18H,3-10H2,1-2H3. The fraction of sp³-hybridized carbons (Fsp3) is 1.00. The van der Waals surface area contributed by atoms with Crippen molar-refractivity contribution < 1.29 is 0 Å². The van der Waals surface area contributed by atoms with Crippen molar-refractivity contribution in [2.75, 3.05) is 0 Å². The van der Waals surface area contributed by atoms with E-state index in [1.807, 2.05) is 0 Å². The molecule has 0 heteroatoms. The van der Waals surface area contributed by atoms with Crippen molar-refractivity contribution in [3.8, 4) is 0 Å². The first-order valence-electron chi connectivity index (χ1n) is 8.81. The summed E-state index contributed by atoms with van der Waals surface area (Å²) >= 11 is 0. The number of unbranched alkanes of at least 4 members (excludes halogenated alkanes) is 2. The maximum atomic E-state index is 2.61. The molecule has 0 aromatic heterocycles. The summed E-state index contributed by atoms with van der Waals surface area (Å²) in [7, 11) is 0. The molecular formula is C18H30. The molecule has 0 nitrogen and oxygen atoms in total. The summed E-state index contributed by atoms with van der Waals surface area (Å²) in [6.45, 7) is 4.96. The van der Waals surface area contributed by atoms with Gasteiger partial charge in [0.15, 0.2) is 0 Å². The fourth-order valence-electron chi connectivity index (χ4n) is 7.12. The molecule has 4 aliphatic carbocycles. The number of hydrogen-bond acceptors (Lipinski definition) is 0. The lowest BCUT2D eigenvalue weighted by Gasteiger charge is -2.42. The molecule has 18 heavy (non-hydrogen) atoms.